The molecule has 1 saturated heterocycles. The smallest absolute Gasteiger partial charge is 0.260 e. The summed E-state index contributed by atoms with van der Waals surface area (Å²) >= 11 is 1.54. The van der Waals surface area contributed by atoms with Crippen LogP contribution in [0.15, 0.2) is 41.5 Å². The van der Waals surface area contributed by atoms with Gasteiger partial charge in [0.25, 0.3) is 5.91 Å². The van der Waals surface area contributed by atoms with Gasteiger partial charge >= 0.3 is 0 Å². The summed E-state index contributed by atoms with van der Waals surface area (Å²) in [6, 6.07) is 8.90. The minimum Gasteiger partial charge on any atom is -0.484 e. The third kappa shape index (κ3) is 3.89. The van der Waals surface area contributed by atoms with Gasteiger partial charge in [-0.05, 0) is 30.6 Å². The third-order valence-electron chi connectivity index (χ3n) is 4.68. The van der Waals surface area contributed by atoms with Crippen molar-refractivity contribution in [1.29, 1.82) is 0 Å². The second-order valence-electron chi connectivity index (χ2n) is 6.59. The summed E-state index contributed by atoms with van der Waals surface area (Å²) in [7, 11) is 2.05. The number of likely N-dealkylation sites (N-methyl/N-ethyl adjacent to an activating group) is 1. The van der Waals surface area contributed by atoms with Gasteiger partial charge in [0.05, 0.1) is 5.56 Å². The van der Waals surface area contributed by atoms with Gasteiger partial charge in [-0.3, -0.25) is 9.59 Å². The predicted octanol–water partition coefficient (Wildman–Crippen LogP) is 2.52. The van der Waals surface area contributed by atoms with Gasteiger partial charge in [0.2, 0.25) is 5.78 Å². The van der Waals surface area contributed by atoms with Crippen LogP contribution in [0.2, 0.25) is 0 Å². The van der Waals surface area contributed by atoms with Crippen LogP contribution in [0.4, 0.5) is 0 Å². The fourth-order valence-corrected chi connectivity index (χ4v) is 3.70. The molecule has 6 nitrogen and oxygen atoms in total. The lowest BCUT2D eigenvalue weighted by Crippen LogP contribution is -2.48. The summed E-state index contributed by atoms with van der Waals surface area (Å²) < 4.78 is 11.3. The van der Waals surface area contributed by atoms with E-state index >= 15 is 0 Å². The number of piperazine rings is 1. The van der Waals surface area contributed by atoms with Crippen LogP contribution in [0.5, 0.6) is 11.5 Å². The molecule has 0 saturated carbocycles. The lowest BCUT2D eigenvalue weighted by atomic mass is 10.1. The molecule has 3 heterocycles. The van der Waals surface area contributed by atoms with E-state index in [1.165, 1.54) is 0 Å². The largest absolute Gasteiger partial charge is 0.484 e. The highest BCUT2D eigenvalue weighted by Gasteiger charge is 2.28. The molecule has 1 amide bonds. The number of hydrogen-bond donors (Lipinski definition) is 0. The number of carbonyl (C=O) groups is 2. The zero-order valence-corrected chi connectivity index (χ0v) is 15.8. The van der Waals surface area contributed by atoms with Gasteiger partial charge in [0.1, 0.15) is 11.5 Å². The Morgan fingerprint density at radius 3 is 2.81 bits per heavy atom. The Hall–Kier alpha value is -2.64. The van der Waals surface area contributed by atoms with Crippen LogP contribution in [0.25, 0.3) is 6.08 Å². The van der Waals surface area contributed by atoms with E-state index in [4.69, 9.17) is 9.47 Å². The normalized spacial score (nSPS) is 18.5. The Balaban J connectivity index is 1.40. The fourth-order valence-electron chi connectivity index (χ4n) is 3.05. The van der Waals surface area contributed by atoms with Crippen molar-refractivity contribution in [1.82, 2.24) is 9.80 Å². The Kier molecular flexibility index (Phi) is 4.96. The molecule has 0 unspecified atom stereocenters. The van der Waals surface area contributed by atoms with Crippen LogP contribution in [0, 0.1) is 0 Å². The molecular weight excluding hydrogens is 364 g/mol. The lowest BCUT2D eigenvalue weighted by Gasteiger charge is -2.32. The van der Waals surface area contributed by atoms with Crippen molar-refractivity contribution in [3.8, 4) is 11.5 Å². The molecule has 7 heteroatoms. The number of amides is 1. The van der Waals surface area contributed by atoms with Gasteiger partial charge in [-0.15, -0.1) is 11.3 Å². The van der Waals surface area contributed by atoms with Crippen LogP contribution >= 0.6 is 11.3 Å². The number of rotatable bonds is 4. The molecule has 27 heavy (non-hydrogen) atoms. The number of ketones is 1. The Morgan fingerprint density at radius 1 is 1.26 bits per heavy atom. The summed E-state index contributed by atoms with van der Waals surface area (Å²) in [5.74, 6) is 1.12. The first-order valence-corrected chi connectivity index (χ1v) is 9.69. The van der Waals surface area contributed by atoms with Gasteiger partial charge in [0, 0.05) is 43.2 Å². The molecule has 140 valence electrons. The molecule has 4 rings (SSSR count). The van der Waals surface area contributed by atoms with Gasteiger partial charge in [-0.1, -0.05) is 6.07 Å². The second-order valence-corrected chi connectivity index (χ2v) is 7.57. The Morgan fingerprint density at radius 2 is 2.07 bits per heavy atom. The topological polar surface area (TPSA) is 59.1 Å². The van der Waals surface area contributed by atoms with Gasteiger partial charge in [-0.2, -0.15) is 0 Å². The average molecular weight is 384 g/mol. The summed E-state index contributed by atoms with van der Waals surface area (Å²) in [5, 5.41) is 1.95. The number of ether oxygens (including phenoxy) is 2. The van der Waals surface area contributed by atoms with Crippen LogP contribution in [-0.4, -0.2) is 61.3 Å². The number of allylic oxidation sites excluding steroid dienone is 1. The summed E-state index contributed by atoms with van der Waals surface area (Å²) in [4.78, 5) is 29.7. The minimum atomic E-state index is -0.140. The average Bonchev–Trinajstić information content (AvgIpc) is 3.29. The van der Waals surface area contributed by atoms with Gasteiger partial charge < -0.3 is 19.3 Å². The van der Waals surface area contributed by atoms with Crippen molar-refractivity contribution in [2.75, 3.05) is 39.8 Å². The van der Waals surface area contributed by atoms with Crippen LogP contribution in [0.1, 0.15) is 15.2 Å². The first kappa shape index (κ1) is 17.8. The molecule has 2 aromatic rings. The van der Waals surface area contributed by atoms with E-state index in [2.05, 4.69) is 4.90 Å². The van der Waals surface area contributed by atoms with E-state index in [0.717, 1.165) is 31.1 Å². The summed E-state index contributed by atoms with van der Waals surface area (Å²) in [6.45, 7) is 3.17. The molecule has 0 atom stereocenters. The van der Waals surface area contributed by atoms with E-state index < -0.39 is 0 Å². The standard InChI is InChI=1S/C20H20N2O4S/c1-21-6-8-22(9-7-21)19(23)13-25-14-4-5-16-17(11-14)26-18(20(16)24)12-15-3-2-10-27-15/h2-5,10-12H,6-9,13H2,1H3. The molecule has 0 N–H and O–H groups in total. The van der Waals surface area contributed by atoms with Crippen molar-refractivity contribution in [2.24, 2.45) is 0 Å². The molecule has 0 aliphatic carbocycles. The molecule has 0 spiro atoms. The van der Waals surface area contributed by atoms with E-state index in [1.807, 2.05) is 29.5 Å². The van der Waals surface area contributed by atoms with E-state index in [9.17, 15) is 9.59 Å². The number of Topliss-reactive ketones (excluding diaryl/α,β-unsaturated/α-hetero) is 1. The predicted molar refractivity (Wildman–Crippen MR) is 103 cm³/mol. The number of carbonyl (C=O) groups excluding carboxylic acids is 2. The highest BCUT2D eigenvalue weighted by molar-refractivity contribution is 7.10. The summed E-state index contributed by atoms with van der Waals surface area (Å²) in [5.41, 5.74) is 0.510. The third-order valence-corrected chi connectivity index (χ3v) is 5.50. The molecular formula is C20H20N2O4S. The van der Waals surface area contributed by atoms with Crippen molar-refractivity contribution in [3.05, 3.63) is 51.9 Å². The highest BCUT2D eigenvalue weighted by Crippen LogP contribution is 2.35. The van der Waals surface area contributed by atoms with Crippen LogP contribution in [-0.2, 0) is 4.79 Å². The minimum absolute atomic E-state index is 0.0195. The van der Waals surface area contributed by atoms with Crippen LogP contribution < -0.4 is 9.47 Å². The molecule has 0 bridgehead atoms. The number of hydrogen-bond acceptors (Lipinski definition) is 6. The van der Waals surface area contributed by atoms with Crippen molar-refractivity contribution in [2.45, 2.75) is 0 Å². The first-order chi connectivity index (χ1) is 13.1. The number of fused-ring (bicyclic) bond motifs is 1. The number of nitrogens with zero attached hydrogens (tertiary/aromatic N) is 2. The second kappa shape index (κ2) is 7.54. The van der Waals surface area contributed by atoms with E-state index in [1.54, 1.807) is 35.6 Å². The van der Waals surface area contributed by atoms with Crippen molar-refractivity contribution in [3.63, 3.8) is 0 Å². The van der Waals surface area contributed by atoms with E-state index in [-0.39, 0.29) is 18.3 Å². The molecule has 1 fully saturated rings. The zero-order chi connectivity index (χ0) is 18.8. The maximum absolute atomic E-state index is 12.4. The molecule has 1 aromatic heterocycles. The maximum atomic E-state index is 12.4. The van der Waals surface area contributed by atoms with Crippen LogP contribution in [0.3, 0.4) is 0 Å². The Bertz CT molecular complexity index is 883. The monoisotopic (exact) mass is 384 g/mol. The Labute approximate surface area is 161 Å². The highest BCUT2D eigenvalue weighted by atomic mass is 32.1. The van der Waals surface area contributed by atoms with E-state index in [0.29, 0.717) is 22.8 Å². The summed E-state index contributed by atoms with van der Waals surface area (Å²) in [6.07, 6.45) is 1.74. The first-order valence-electron chi connectivity index (χ1n) is 8.81. The molecule has 2 aliphatic rings. The lowest BCUT2D eigenvalue weighted by molar-refractivity contribution is -0.134. The van der Waals surface area contributed by atoms with Gasteiger partial charge in [-0.25, -0.2) is 0 Å². The SMILES string of the molecule is CN1CCN(C(=O)COc2ccc3c(c2)OC(=Cc2cccs2)C3=O)CC1. The molecule has 1 aromatic carbocycles. The molecule has 2 aliphatic heterocycles. The zero-order valence-electron chi connectivity index (χ0n) is 15.0. The van der Waals surface area contributed by atoms with Crippen molar-refractivity contribution >= 4 is 29.1 Å². The number of benzene rings is 1. The molecule has 0 radical (unpaired) electrons. The maximum Gasteiger partial charge on any atom is 0.260 e. The quantitative estimate of drug-likeness (QED) is 0.758. The number of thiophene rings is 1. The van der Waals surface area contributed by atoms with Gasteiger partial charge in [0.15, 0.2) is 12.4 Å². The fraction of sp³-hybridized carbons (Fsp3) is 0.300. The van der Waals surface area contributed by atoms with Crippen molar-refractivity contribution < 1.29 is 19.1 Å².